The van der Waals surface area contributed by atoms with Crippen molar-refractivity contribution in [2.75, 3.05) is 0 Å². The zero-order valence-corrected chi connectivity index (χ0v) is 13.4. The second kappa shape index (κ2) is 6.56. The smallest absolute Gasteiger partial charge is 0.313 e. The molecule has 0 radical (unpaired) electrons. The number of ketones is 1. The van der Waals surface area contributed by atoms with Gasteiger partial charge in [0.2, 0.25) is 17.4 Å². The average molecular weight is 366 g/mol. The van der Waals surface area contributed by atoms with Crippen molar-refractivity contribution < 1.29 is 30.6 Å². The number of carbonyl (C=O) groups excluding carboxylic acids is 1. The van der Waals surface area contributed by atoms with Gasteiger partial charge >= 0.3 is 10.1 Å². The molecule has 8 heteroatoms. The molecule has 1 unspecified atom stereocenters. The van der Waals surface area contributed by atoms with Crippen molar-refractivity contribution in [1.29, 1.82) is 0 Å². The van der Waals surface area contributed by atoms with Crippen LogP contribution in [0.15, 0.2) is 66.2 Å². The van der Waals surface area contributed by atoms with Crippen LogP contribution >= 0.6 is 0 Å². The summed E-state index contributed by atoms with van der Waals surface area (Å²) < 4.78 is 72.5. The molecule has 2 aromatic carbocycles. The lowest BCUT2D eigenvalue weighted by atomic mass is 10.1. The predicted molar refractivity (Wildman–Crippen MR) is 86.6 cm³/mol. The van der Waals surface area contributed by atoms with Crippen LogP contribution in [-0.2, 0) is 29.5 Å². The van der Waals surface area contributed by atoms with Crippen molar-refractivity contribution in [3.63, 3.8) is 0 Å². The van der Waals surface area contributed by atoms with E-state index >= 15 is 0 Å². The molecule has 1 aliphatic heterocycles. The fraction of sp³-hybridized carbons (Fsp3) is 0.118. The van der Waals surface area contributed by atoms with E-state index in [4.69, 9.17) is 14.6 Å². The molecule has 0 aliphatic carbocycles. The van der Waals surface area contributed by atoms with Crippen LogP contribution in [0.2, 0.25) is 0 Å². The van der Waals surface area contributed by atoms with E-state index in [9.17, 15) is 17.6 Å². The SMILES string of the molecule is [2H]C1(c2ccccc2F)OC(N)=C(OS(=O)(=O)C([2H])([2H])c2ccccc2)C1=O. The van der Waals surface area contributed by atoms with Gasteiger partial charge in [0.15, 0.2) is 6.08 Å². The molecule has 25 heavy (non-hydrogen) atoms. The Hall–Kier alpha value is -2.87. The molecule has 130 valence electrons. The first kappa shape index (κ1) is 13.4. The average Bonchev–Trinajstić information content (AvgIpc) is 2.86. The molecule has 1 heterocycles. The quantitative estimate of drug-likeness (QED) is 0.815. The van der Waals surface area contributed by atoms with Crippen molar-refractivity contribution >= 4 is 15.9 Å². The van der Waals surface area contributed by atoms with Gasteiger partial charge in [0.25, 0.3) is 0 Å². The number of rotatable bonds is 5. The van der Waals surface area contributed by atoms with Crippen molar-refractivity contribution in [1.82, 2.24) is 0 Å². The number of hydrogen-bond acceptors (Lipinski definition) is 6. The normalized spacial score (nSPS) is 22.8. The van der Waals surface area contributed by atoms with Crippen LogP contribution in [0.3, 0.4) is 0 Å². The largest absolute Gasteiger partial charge is 0.460 e. The highest BCUT2D eigenvalue weighted by Gasteiger charge is 2.40. The minimum absolute atomic E-state index is 0.244. The van der Waals surface area contributed by atoms with Gasteiger partial charge in [0, 0.05) is 5.56 Å². The van der Waals surface area contributed by atoms with Crippen LogP contribution in [-0.4, -0.2) is 14.2 Å². The molecule has 0 amide bonds. The maximum absolute atomic E-state index is 14.0. The van der Waals surface area contributed by atoms with Gasteiger partial charge in [-0.2, -0.15) is 8.42 Å². The summed E-state index contributed by atoms with van der Waals surface area (Å²) in [6, 6.07) is 11.6. The summed E-state index contributed by atoms with van der Waals surface area (Å²) in [6.45, 7) is 0. The van der Waals surface area contributed by atoms with Crippen LogP contribution in [0.5, 0.6) is 0 Å². The van der Waals surface area contributed by atoms with Gasteiger partial charge < -0.3 is 14.7 Å². The van der Waals surface area contributed by atoms with Crippen LogP contribution in [0.1, 0.15) is 21.3 Å². The van der Waals surface area contributed by atoms with E-state index in [2.05, 4.69) is 4.18 Å². The minimum atomic E-state index is -5.09. The molecule has 1 aliphatic rings. The number of hydrogen-bond donors (Lipinski definition) is 1. The van der Waals surface area contributed by atoms with Crippen molar-refractivity contribution in [3.8, 4) is 0 Å². The molecule has 0 spiro atoms. The maximum Gasteiger partial charge on any atom is 0.313 e. The van der Waals surface area contributed by atoms with E-state index in [0.29, 0.717) is 0 Å². The second-order valence-electron chi connectivity index (χ2n) is 4.94. The lowest BCUT2D eigenvalue weighted by Crippen LogP contribution is -2.16. The first-order valence-corrected chi connectivity index (χ1v) is 8.39. The molecular weight excluding hydrogens is 349 g/mol. The van der Waals surface area contributed by atoms with Gasteiger partial charge in [-0.25, -0.2) is 4.39 Å². The summed E-state index contributed by atoms with van der Waals surface area (Å²) in [5.41, 5.74) is 1.73. The molecule has 0 fully saturated rings. The number of Topliss-reactive ketones (excluding diaryl/α,β-unsaturated/α-hetero) is 1. The summed E-state index contributed by atoms with van der Waals surface area (Å²) in [5, 5.41) is 0. The first-order chi connectivity index (χ1) is 13.0. The summed E-state index contributed by atoms with van der Waals surface area (Å²) >= 11 is 0. The highest BCUT2D eigenvalue weighted by molar-refractivity contribution is 7.86. The Morgan fingerprint density at radius 3 is 2.52 bits per heavy atom. The number of ether oxygens (including phenoxy) is 1. The number of halogens is 1. The fourth-order valence-corrected chi connectivity index (χ4v) is 2.94. The molecule has 6 nitrogen and oxygen atoms in total. The Labute approximate surface area is 148 Å². The molecule has 0 bridgehead atoms. The Morgan fingerprint density at radius 2 is 1.84 bits per heavy atom. The monoisotopic (exact) mass is 366 g/mol. The van der Waals surface area contributed by atoms with E-state index in [0.717, 1.165) is 12.1 Å². The molecule has 1 atom stereocenters. The van der Waals surface area contributed by atoms with Gasteiger partial charge in [0.1, 0.15) is 11.5 Å². The Bertz CT molecular complexity index is 1080. The van der Waals surface area contributed by atoms with Crippen LogP contribution in [0.25, 0.3) is 0 Å². The number of nitrogens with two attached hydrogens (primary N) is 1. The summed E-state index contributed by atoms with van der Waals surface area (Å²) in [6.07, 6.45) is -2.69. The van der Waals surface area contributed by atoms with Gasteiger partial charge in [-0.3, -0.25) is 4.79 Å². The topological polar surface area (TPSA) is 95.7 Å². The highest BCUT2D eigenvalue weighted by atomic mass is 32.2. The molecule has 0 aromatic heterocycles. The zero-order valence-electron chi connectivity index (χ0n) is 15.6. The second-order valence-corrected chi connectivity index (χ2v) is 6.22. The standard InChI is InChI=1S/C17H14FNO5S/c18-13-9-5-4-8-12(13)15-14(20)16(17(19)23-15)24-25(21,22)10-11-6-2-1-3-7-11/h1-9,15H,10,19H2/i10D2,15D. The maximum atomic E-state index is 14.0. The van der Waals surface area contributed by atoms with Crippen molar-refractivity contribution in [3.05, 3.63) is 83.2 Å². The Kier molecular flexibility index (Phi) is 3.52. The van der Waals surface area contributed by atoms with Gasteiger partial charge in [-0.05, 0) is 11.6 Å². The summed E-state index contributed by atoms with van der Waals surface area (Å²) in [7, 11) is -5.09. The first-order valence-electron chi connectivity index (χ1n) is 8.49. The lowest BCUT2D eigenvalue weighted by molar-refractivity contribution is -0.123. The van der Waals surface area contributed by atoms with Crippen molar-refractivity contribution in [2.45, 2.75) is 11.8 Å². The third-order valence-electron chi connectivity index (χ3n) is 3.18. The molecule has 2 N–H and O–H groups in total. The zero-order chi connectivity index (χ0) is 20.7. The van der Waals surface area contributed by atoms with Gasteiger partial charge in [-0.1, -0.05) is 48.5 Å². The number of carbonyl (C=O) groups is 1. The Balaban J connectivity index is 1.96. The third-order valence-corrected chi connectivity index (χ3v) is 4.05. The molecular formula is C17H14FNO5S. The summed E-state index contributed by atoms with van der Waals surface area (Å²) in [4.78, 5) is 12.6. The molecule has 2 aromatic rings. The van der Waals surface area contributed by atoms with E-state index in [1.165, 1.54) is 36.4 Å². The third kappa shape index (κ3) is 3.63. The highest BCUT2D eigenvalue weighted by Crippen LogP contribution is 2.33. The van der Waals surface area contributed by atoms with E-state index in [1.807, 2.05) is 0 Å². The van der Waals surface area contributed by atoms with Crippen LogP contribution in [0.4, 0.5) is 4.39 Å². The molecule has 0 saturated carbocycles. The molecule has 3 rings (SSSR count). The summed E-state index contributed by atoms with van der Waals surface area (Å²) in [5.74, 6) is -4.27. The van der Waals surface area contributed by atoms with Gasteiger partial charge in [-0.15, -0.1) is 0 Å². The lowest BCUT2D eigenvalue weighted by Gasteiger charge is -2.10. The number of benzene rings is 2. The van der Waals surface area contributed by atoms with E-state index in [1.54, 1.807) is 6.07 Å². The Morgan fingerprint density at radius 1 is 1.20 bits per heavy atom. The predicted octanol–water partition coefficient (Wildman–Crippen LogP) is 2.14. The fourth-order valence-electron chi connectivity index (χ4n) is 2.10. The van der Waals surface area contributed by atoms with Crippen molar-refractivity contribution in [2.24, 2.45) is 5.73 Å². The minimum Gasteiger partial charge on any atom is -0.460 e. The van der Waals surface area contributed by atoms with E-state index < -0.39 is 50.7 Å². The van der Waals surface area contributed by atoms with E-state index in [-0.39, 0.29) is 5.56 Å². The van der Waals surface area contributed by atoms with Crippen LogP contribution in [0, 0.1) is 5.82 Å². The van der Waals surface area contributed by atoms with Crippen LogP contribution < -0.4 is 5.73 Å². The molecule has 0 saturated heterocycles. The van der Waals surface area contributed by atoms with Gasteiger partial charge in [0.05, 0.1) is 4.11 Å².